The topological polar surface area (TPSA) is 130 Å². The van der Waals surface area contributed by atoms with Crippen molar-refractivity contribution >= 4 is 31.6 Å². The molecule has 168 valence electrons. The van der Waals surface area contributed by atoms with Crippen LogP contribution < -0.4 is 10.1 Å². The van der Waals surface area contributed by atoms with E-state index in [-0.39, 0.29) is 0 Å². The molecule has 0 radical (unpaired) electrons. The molecule has 0 saturated heterocycles. The van der Waals surface area contributed by atoms with Crippen molar-refractivity contribution < 1.29 is 57.0 Å². The van der Waals surface area contributed by atoms with Crippen LogP contribution in [0.25, 0.3) is 0 Å². The first kappa shape index (κ1) is 25.5. The lowest BCUT2D eigenvalue weighted by atomic mass is 10.2. The van der Waals surface area contributed by atoms with Crippen molar-refractivity contribution in [3.63, 3.8) is 0 Å². The number of anilines is 2. The minimum atomic E-state index is -5.84. The number of halogens is 6. The summed E-state index contributed by atoms with van der Waals surface area (Å²) in [6, 6.07) is 15.8. The van der Waals surface area contributed by atoms with E-state index in [1.807, 2.05) is 48.5 Å². The first-order chi connectivity index (χ1) is 13.4. The van der Waals surface area contributed by atoms with Crippen molar-refractivity contribution in [3.8, 4) is 11.5 Å². The summed E-state index contributed by atoms with van der Waals surface area (Å²) in [6.45, 7) is 0. The lowest BCUT2D eigenvalue weighted by molar-refractivity contribution is -0.0514. The molecule has 3 rings (SSSR count). The Hall–Kier alpha value is -2.56. The lowest BCUT2D eigenvalue weighted by Gasteiger charge is -2.20. The molecule has 1 aliphatic heterocycles. The quantitative estimate of drug-likeness (QED) is 0.245. The van der Waals surface area contributed by atoms with Gasteiger partial charge in [0.05, 0.1) is 11.4 Å². The van der Waals surface area contributed by atoms with Crippen molar-refractivity contribution in [1.29, 1.82) is 0 Å². The average molecular weight is 483 g/mol. The van der Waals surface area contributed by atoms with Crippen LogP contribution >= 0.6 is 0 Å². The van der Waals surface area contributed by atoms with Crippen LogP contribution in [-0.2, 0) is 20.2 Å². The molecule has 0 aromatic heterocycles. The molecule has 0 spiro atoms. The highest BCUT2D eigenvalue weighted by Gasteiger charge is 2.45. The van der Waals surface area contributed by atoms with Gasteiger partial charge < -0.3 is 10.1 Å². The predicted octanol–water partition coefficient (Wildman–Crippen LogP) is 4.32. The second-order valence-electron chi connectivity index (χ2n) is 5.06. The van der Waals surface area contributed by atoms with Crippen LogP contribution in [0.4, 0.5) is 37.7 Å². The Labute approximate surface area is 165 Å². The molecule has 0 atom stereocenters. The maximum atomic E-state index is 10.7. The Morgan fingerprint density at radius 1 is 0.667 bits per heavy atom. The standard InChI is InChI=1S/C12H9NO.2CHF3O3S/c1-3-7-11-9(5-1)13-10-6-2-4-8-12(10)14-11;2*2-1(3,4)8(5,6)7/h1-8,13H;2*(H,5,6,7). The van der Waals surface area contributed by atoms with Gasteiger partial charge in [-0.3, -0.25) is 9.11 Å². The molecule has 0 aliphatic carbocycles. The molecule has 0 bridgehead atoms. The Morgan fingerprint density at radius 3 is 1.20 bits per heavy atom. The van der Waals surface area contributed by atoms with E-state index in [4.69, 9.17) is 30.7 Å². The number of hydrogen-bond donors (Lipinski definition) is 3. The van der Waals surface area contributed by atoms with Gasteiger partial charge in [-0.2, -0.15) is 43.2 Å². The molecule has 3 N–H and O–H groups in total. The van der Waals surface area contributed by atoms with E-state index in [2.05, 4.69) is 5.32 Å². The number of rotatable bonds is 0. The fourth-order valence-electron chi connectivity index (χ4n) is 1.58. The summed E-state index contributed by atoms with van der Waals surface area (Å²) < 4.78 is 121. The van der Waals surface area contributed by atoms with Crippen LogP contribution in [0.2, 0.25) is 0 Å². The Balaban J connectivity index is 0.000000245. The zero-order chi connectivity index (χ0) is 23.4. The molecule has 1 aliphatic rings. The number of para-hydroxylation sites is 4. The van der Waals surface area contributed by atoms with Crippen LogP contribution in [-0.4, -0.2) is 37.0 Å². The highest BCUT2D eigenvalue weighted by atomic mass is 32.2. The Kier molecular flexibility index (Phi) is 7.70. The van der Waals surface area contributed by atoms with Gasteiger partial charge in [0, 0.05) is 0 Å². The van der Waals surface area contributed by atoms with Gasteiger partial charge in [0.2, 0.25) is 0 Å². The summed E-state index contributed by atoms with van der Waals surface area (Å²) in [5, 5.41) is 3.32. The molecule has 0 fully saturated rings. The normalized spacial score (nSPS) is 13.1. The third-order valence-electron chi connectivity index (χ3n) is 2.85. The summed E-state index contributed by atoms with van der Waals surface area (Å²) in [5.41, 5.74) is -9.03. The number of hydrogen-bond acceptors (Lipinski definition) is 6. The molecule has 30 heavy (non-hydrogen) atoms. The van der Waals surface area contributed by atoms with Gasteiger partial charge in [-0.05, 0) is 24.3 Å². The van der Waals surface area contributed by atoms with Gasteiger partial charge >= 0.3 is 31.3 Å². The van der Waals surface area contributed by atoms with Crippen molar-refractivity contribution in [2.24, 2.45) is 0 Å². The number of alkyl halides is 6. The van der Waals surface area contributed by atoms with E-state index in [1.54, 1.807) is 0 Å². The van der Waals surface area contributed by atoms with Crippen LogP contribution in [0.1, 0.15) is 0 Å². The first-order valence-electron chi connectivity index (χ1n) is 7.14. The predicted molar refractivity (Wildman–Crippen MR) is 91.4 cm³/mol. The summed E-state index contributed by atoms with van der Waals surface area (Å²) in [5.74, 6) is 1.76. The maximum Gasteiger partial charge on any atom is 0.522 e. The minimum absolute atomic E-state index is 0.881. The van der Waals surface area contributed by atoms with Gasteiger partial charge in [-0.25, -0.2) is 0 Å². The minimum Gasteiger partial charge on any atom is -0.453 e. The monoisotopic (exact) mass is 483 g/mol. The molecule has 2 aromatic rings. The van der Waals surface area contributed by atoms with Crippen molar-refractivity contribution in [3.05, 3.63) is 48.5 Å². The van der Waals surface area contributed by atoms with Crippen LogP contribution in [0.15, 0.2) is 48.5 Å². The van der Waals surface area contributed by atoms with Crippen LogP contribution in [0.3, 0.4) is 0 Å². The second kappa shape index (κ2) is 9.07. The van der Waals surface area contributed by atoms with E-state index in [1.165, 1.54) is 0 Å². The number of fused-ring (bicyclic) bond motifs is 2. The van der Waals surface area contributed by atoms with Gasteiger partial charge in [0.25, 0.3) is 0 Å². The number of ether oxygens (including phenoxy) is 1. The van der Waals surface area contributed by atoms with Gasteiger partial charge in [-0.15, -0.1) is 0 Å². The zero-order valence-electron chi connectivity index (χ0n) is 14.1. The SMILES string of the molecule is O=S(=O)(O)C(F)(F)F.O=S(=O)(O)C(F)(F)F.c1ccc2c(c1)Nc1ccccc1O2. The van der Waals surface area contributed by atoms with Crippen LogP contribution in [0, 0.1) is 0 Å². The highest BCUT2D eigenvalue weighted by molar-refractivity contribution is 7.86. The highest BCUT2D eigenvalue weighted by Crippen LogP contribution is 2.40. The average Bonchev–Trinajstić information content (AvgIpc) is 2.57. The van der Waals surface area contributed by atoms with E-state index in [0.29, 0.717) is 0 Å². The largest absolute Gasteiger partial charge is 0.522 e. The first-order valence-corrected chi connectivity index (χ1v) is 10.0. The Bertz CT molecular complexity index is 953. The molecule has 0 amide bonds. The number of benzene rings is 2. The molecule has 2 aromatic carbocycles. The third kappa shape index (κ3) is 7.36. The molecular formula is C14H11F6NO7S2. The summed E-state index contributed by atoms with van der Waals surface area (Å²) >= 11 is 0. The molecule has 0 saturated carbocycles. The fraction of sp³-hybridized carbons (Fsp3) is 0.143. The van der Waals surface area contributed by atoms with Crippen LogP contribution in [0.5, 0.6) is 11.5 Å². The molecular weight excluding hydrogens is 472 g/mol. The van der Waals surface area contributed by atoms with Crippen molar-refractivity contribution in [1.82, 2.24) is 0 Å². The van der Waals surface area contributed by atoms with Gasteiger partial charge in [0.15, 0.2) is 11.5 Å². The number of nitrogens with one attached hydrogen (secondary N) is 1. The van der Waals surface area contributed by atoms with E-state index >= 15 is 0 Å². The molecule has 1 heterocycles. The molecule has 8 nitrogen and oxygen atoms in total. The van der Waals surface area contributed by atoms with E-state index < -0.39 is 31.3 Å². The smallest absolute Gasteiger partial charge is 0.453 e. The van der Waals surface area contributed by atoms with Crippen molar-refractivity contribution in [2.75, 3.05) is 5.32 Å². The van der Waals surface area contributed by atoms with E-state index in [9.17, 15) is 26.3 Å². The lowest BCUT2D eigenvalue weighted by Crippen LogP contribution is -2.21. The second-order valence-corrected chi connectivity index (χ2v) is 7.89. The summed E-state index contributed by atoms with van der Waals surface area (Å²) in [6.07, 6.45) is 0. The Morgan fingerprint density at radius 2 is 0.933 bits per heavy atom. The zero-order valence-corrected chi connectivity index (χ0v) is 15.8. The maximum absolute atomic E-state index is 10.7. The fourth-order valence-corrected chi connectivity index (χ4v) is 1.58. The molecule has 16 heteroatoms. The molecule has 0 unspecified atom stereocenters. The summed E-state index contributed by atoms with van der Waals surface area (Å²) in [7, 11) is -11.7. The van der Waals surface area contributed by atoms with E-state index in [0.717, 1.165) is 22.9 Å². The third-order valence-corrected chi connectivity index (χ3v) is 4.02. The summed E-state index contributed by atoms with van der Waals surface area (Å²) in [4.78, 5) is 0. The van der Waals surface area contributed by atoms with Gasteiger partial charge in [0.1, 0.15) is 0 Å². The van der Waals surface area contributed by atoms with Crippen molar-refractivity contribution in [2.45, 2.75) is 11.0 Å². The van der Waals surface area contributed by atoms with Gasteiger partial charge in [-0.1, -0.05) is 24.3 Å².